The number of amidine groups is 1. The summed E-state index contributed by atoms with van der Waals surface area (Å²) in [7, 11) is 0. The van der Waals surface area contributed by atoms with Gasteiger partial charge in [0.2, 0.25) is 0 Å². The van der Waals surface area contributed by atoms with Crippen LogP contribution in [0, 0.1) is 15.9 Å². The molecule has 222 valence electrons. The van der Waals surface area contributed by atoms with Gasteiger partial charge in [-0.1, -0.05) is 30.3 Å². The number of carbonyl (C=O) groups excluding carboxylic acids is 3. The van der Waals surface area contributed by atoms with Crippen molar-refractivity contribution in [3.8, 4) is 0 Å². The van der Waals surface area contributed by atoms with Gasteiger partial charge in [0.15, 0.2) is 11.8 Å². The lowest BCUT2D eigenvalue weighted by Gasteiger charge is -2.20. The van der Waals surface area contributed by atoms with E-state index in [-0.39, 0.29) is 30.4 Å². The van der Waals surface area contributed by atoms with Gasteiger partial charge in [0, 0.05) is 17.8 Å². The van der Waals surface area contributed by atoms with Gasteiger partial charge in [-0.15, -0.1) is 10.1 Å². The van der Waals surface area contributed by atoms with Gasteiger partial charge in [-0.25, -0.2) is 9.38 Å². The van der Waals surface area contributed by atoms with Gasteiger partial charge in [0.1, 0.15) is 5.82 Å². The third-order valence-electron chi connectivity index (χ3n) is 5.74. The highest BCUT2D eigenvalue weighted by Crippen LogP contribution is 2.34. The van der Waals surface area contributed by atoms with Crippen LogP contribution in [0.4, 0.5) is 15.8 Å². The van der Waals surface area contributed by atoms with Crippen molar-refractivity contribution in [2.45, 2.75) is 6.10 Å². The van der Waals surface area contributed by atoms with Gasteiger partial charge in [-0.2, -0.15) is 0 Å². The van der Waals surface area contributed by atoms with Crippen molar-refractivity contribution >= 4 is 52.1 Å². The Kier molecular flexibility index (Phi) is 10.4. The number of β-amino-alcohol motifs (C(OH)–C–C–N with tert-alkyl or cyclic N) is 1. The number of hydrogen-bond donors (Lipinski definition) is 4. The Labute approximate surface area is 248 Å². The fourth-order valence-electron chi connectivity index (χ4n) is 3.67. The summed E-state index contributed by atoms with van der Waals surface area (Å²) < 4.78 is 13.3. The van der Waals surface area contributed by atoms with Gasteiger partial charge in [0.05, 0.1) is 23.2 Å². The summed E-state index contributed by atoms with van der Waals surface area (Å²) in [6, 6.07) is 20.9. The van der Waals surface area contributed by atoms with Gasteiger partial charge < -0.3 is 15.3 Å². The van der Waals surface area contributed by atoms with E-state index in [9.17, 15) is 34.0 Å². The molecule has 4 rings (SSSR count). The molecule has 0 bridgehead atoms. The Balaban J connectivity index is 1.36. The molecule has 0 radical (unpaired) electrons. The van der Waals surface area contributed by atoms with E-state index in [0.717, 1.165) is 11.8 Å². The number of aliphatic hydroxyl groups is 1. The second kappa shape index (κ2) is 14.6. The number of para-hydroxylation sites is 1. The van der Waals surface area contributed by atoms with Gasteiger partial charge in [-0.3, -0.25) is 30.1 Å². The third-order valence-corrected chi connectivity index (χ3v) is 6.74. The first-order valence-corrected chi connectivity index (χ1v) is 13.5. The fourth-order valence-corrected chi connectivity index (χ4v) is 4.68. The molecule has 0 aliphatic carbocycles. The van der Waals surface area contributed by atoms with E-state index in [0.29, 0.717) is 27.0 Å². The molecular formula is C28H25FN6O7S. The number of thioether (sulfide) groups is 1. The SMILES string of the molecule is O=C(CO[N+](=O)[O-])NNC(=O)c1ccc(NCC(O)CN2C(=O)/C(=C/c3ccc(F)cc3)SC2=Nc2ccccc2)cc1. The number of benzene rings is 3. The highest BCUT2D eigenvalue weighted by Gasteiger charge is 2.34. The Morgan fingerprint density at radius 2 is 1.77 bits per heavy atom. The van der Waals surface area contributed by atoms with Crippen LogP contribution in [-0.4, -0.2) is 63.8 Å². The third kappa shape index (κ3) is 9.11. The molecule has 13 nitrogen and oxygen atoms in total. The molecule has 3 aromatic rings. The van der Waals surface area contributed by atoms with E-state index < -0.39 is 29.6 Å². The molecule has 1 heterocycles. The Hall–Kier alpha value is -5.28. The van der Waals surface area contributed by atoms with E-state index in [2.05, 4.69) is 20.6 Å². The van der Waals surface area contributed by atoms with Gasteiger partial charge >= 0.3 is 0 Å². The highest BCUT2D eigenvalue weighted by atomic mass is 32.2. The minimum absolute atomic E-state index is 0.0577. The molecule has 0 spiro atoms. The lowest BCUT2D eigenvalue weighted by Crippen LogP contribution is -2.43. The van der Waals surface area contributed by atoms with Crippen LogP contribution >= 0.6 is 11.8 Å². The molecule has 1 saturated heterocycles. The standard InChI is InChI=1S/C28H25FN6O7S/c29-20-10-6-18(7-11-20)14-24-27(39)34(28(43-24)31-22-4-2-1-3-5-22)16-23(36)15-30-21-12-8-19(9-13-21)26(38)33-32-25(37)17-42-35(40)41/h1-14,23,30,36H,15-17H2,(H,32,37)(H,33,38)/b24-14-,31-28?. The van der Waals surface area contributed by atoms with Crippen LogP contribution in [0.3, 0.4) is 0 Å². The molecule has 1 aliphatic heterocycles. The average molecular weight is 609 g/mol. The predicted molar refractivity (Wildman–Crippen MR) is 157 cm³/mol. The highest BCUT2D eigenvalue weighted by molar-refractivity contribution is 8.18. The molecule has 4 N–H and O–H groups in total. The number of halogens is 1. The smallest absolute Gasteiger partial charge is 0.295 e. The molecule has 3 aromatic carbocycles. The van der Waals surface area contributed by atoms with E-state index >= 15 is 0 Å². The Morgan fingerprint density at radius 3 is 2.44 bits per heavy atom. The molecule has 0 saturated carbocycles. The number of amides is 3. The molecule has 0 aromatic heterocycles. The van der Waals surface area contributed by atoms with Crippen molar-refractivity contribution in [2.75, 3.05) is 25.0 Å². The summed E-state index contributed by atoms with van der Waals surface area (Å²) >= 11 is 1.15. The van der Waals surface area contributed by atoms with Gasteiger partial charge in [0.25, 0.3) is 22.8 Å². The maximum Gasteiger partial charge on any atom is 0.295 e. The van der Waals surface area contributed by atoms with E-state index in [4.69, 9.17) is 0 Å². The molecular weight excluding hydrogens is 583 g/mol. The van der Waals surface area contributed by atoms with Crippen molar-refractivity contribution in [1.29, 1.82) is 0 Å². The largest absolute Gasteiger partial charge is 0.389 e. The summed E-state index contributed by atoms with van der Waals surface area (Å²) in [5, 5.41) is 23.2. The topological polar surface area (TPSA) is 176 Å². The van der Waals surface area contributed by atoms with Crippen LogP contribution in [-0.2, 0) is 14.4 Å². The first kappa shape index (κ1) is 30.7. The summed E-state index contributed by atoms with van der Waals surface area (Å²) in [5.74, 6) is -2.32. The summed E-state index contributed by atoms with van der Waals surface area (Å²) in [6.07, 6.45) is 0.636. The average Bonchev–Trinajstić information content (AvgIpc) is 3.28. The molecule has 1 aliphatic rings. The lowest BCUT2D eigenvalue weighted by atomic mass is 10.2. The van der Waals surface area contributed by atoms with Gasteiger partial charge in [-0.05, 0) is 71.9 Å². The Morgan fingerprint density at radius 1 is 1.07 bits per heavy atom. The molecule has 1 atom stereocenters. The van der Waals surface area contributed by atoms with Crippen molar-refractivity contribution in [1.82, 2.24) is 15.8 Å². The maximum absolute atomic E-state index is 13.3. The lowest BCUT2D eigenvalue weighted by molar-refractivity contribution is -0.754. The predicted octanol–water partition coefficient (Wildman–Crippen LogP) is 2.87. The molecule has 3 amide bonds. The number of hydrogen-bond acceptors (Lipinski definition) is 10. The van der Waals surface area contributed by atoms with E-state index in [1.165, 1.54) is 29.2 Å². The van der Waals surface area contributed by atoms with Crippen molar-refractivity contribution in [2.24, 2.45) is 4.99 Å². The quantitative estimate of drug-likeness (QED) is 0.145. The van der Waals surface area contributed by atoms with Crippen LogP contribution in [0.2, 0.25) is 0 Å². The van der Waals surface area contributed by atoms with Crippen LogP contribution in [0.1, 0.15) is 15.9 Å². The number of anilines is 1. The van der Waals surface area contributed by atoms with Crippen LogP contribution in [0.5, 0.6) is 0 Å². The van der Waals surface area contributed by atoms with E-state index in [1.54, 1.807) is 42.5 Å². The summed E-state index contributed by atoms with van der Waals surface area (Å²) in [6.45, 7) is -0.876. The van der Waals surface area contributed by atoms with Crippen LogP contribution in [0.15, 0.2) is 88.8 Å². The first-order valence-electron chi connectivity index (χ1n) is 12.7. The van der Waals surface area contributed by atoms with Crippen molar-refractivity contribution in [3.05, 3.63) is 111 Å². The number of aliphatic hydroxyl groups excluding tert-OH is 1. The minimum Gasteiger partial charge on any atom is -0.389 e. The maximum atomic E-state index is 13.3. The number of hydrazine groups is 1. The zero-order valence-electron chi connectivity index (χ0n) is 22.3. The number of rotatable bonds is 11. The molecule has 15 heteroatoms. The molecule has 1 unspecified atom stereocenters. The fraction of sp³-hybridized carbons (Fsp3) is 0.143. The van der Waals surface area contributed by atoms with Crippen molar-refractivity contribution in [3.63, 3.8) is 0 Å². The van der Waals surface area contributed by atoms with Crippen LogP contribution < -0.4 is 16.2 Å². The molecule has 1 fully saturated rings. The minimum atomic E-state index is -1.13. The summed E-state index contributed by atoms with van der Waals surface area (Å²) in [4.78, 5) is 57.3. The number of nitrogens with one attached hydrogen (secondary N) is 3. The number of carbonyl (C=O) groups is 3. The zero-order chi connectivity index (χ0) is 30.8. The van der Waals surface area contributed by atoms with Crippen molar-refractivity contribution < 1.29 is 33.8 Å². The monoisotopic (exact) mass is 608 g/mol. The normalized spacial score (nSPS) is 15.3. The zero-order valence-corrected chi connectivity index (χ0v) is 23.1. The number of nitrogens with zero attached hydrogens (tertiary/aromatic N) is 3. The van der Waals surface area contributed by atoms with Crippen LogP contribution in [0.25, 0.3) is 6.08 Å². The Bertz CT molecular complexity index is 1540. The second-order valence-electron chi connectivity index (χ2n) is 8.92. The summed E-state index contributed by atoms with van der Waals surface area (Å²) in [5.41, 5.74) is 6.12. The van der Waals surface area contributed by atoms with E-state index in [1.807, 2.05) is 23.6 Å². The number of aliphatic imine (C=N–C) groups is 1. The second-order valence-corrected chi connectivity index (χ2v) is 9.93. The first-order chi connectivity index (χ1) is 20.7. The molecule has 43 heavy (non-hydrogen) atoms.